The molecule has 1 heterocycles. The number of hydrogen-bond acceptors (Lipinski definition) is 4. The maximum atomic E-state index is 11.9. The van der Waals surface area contributed by atoms with E-state index in [2.05, 4.69) is 33.4 Å². The van der Waals surface area contributed by atoms with Gasteiger partial charge in [0.2, 0.25) is 5.91 Å². The van der Waals surface area contributed by atoms with Crippen molar-refractivity contribution in [2.24, 2.45) is 4.99 Å². The van der Waals surface area contributed by atoms with E-state index >= 15 is 0 Å². The number of piperazine rings is 1. The number of aliphatic imine (C=N–C) groups is 1. The van der Waals surface area contributed by atoms with Gasteiger partial charge in [-0.15, -0.1) is 24.0 Å². The summed E-state index contributed by atoms with van der Waals surface area (Å²) in [5, 5.41) is 15.2. The first-order chi connectivity index (χ1) is 13.0. The van der Waals surface area contributed by atoms with Gasteiger partial charge in [0, 0.05) is 38.8 Å². The third-order valence-electron chi connectivity index (χ3n) is 4.32. The molecule has 1 aromatic rings. The fourth-order valence-corrected chi connectivity index (χ4v) is 2.97. The Morgan fingerprint density at radius 1 is 1.21 bits per heavy atom. The number of carbonyl (C=O) groups is 1. The lowest BCUT2D eigenvalue weighted by atomic mass is 10.1. The van der Waals surface area contributed by atoms with Crippen LogP contribution in [0.5, 0.6) is 0 Å². The Bertz CT molecular complexity index is 675. The highest BCUT2D eigenvalue weighted by atomic mass is 127. The maximum absolute atomic E-state index is 11.9. The van der Waals surface area contributed by atoms with Crippen LogP contribution in [0.15, 0.2) is 29.3 Å². The van der Waals surface area contributed by atoms with E-state index in [0.29, 0.717) is 18.7 Å². The SMILES string of the molecule is CCNC(=NCc1ccc(C#N)cc1)N1CCN(CC(=O)NC(C)C)CC1.I. The summed E-state index contributed by atoms with van der Waals surface area (Å²) < 4.78 is 0. The highest BCUT2D eigenvalue weighted by molar-refractivity contribution is 14.0. The summed E-state index contributed by atoms with van der Waals surface area (Å²) >= 11 is 0. The Kier molecular flexibility index (Phi) is 10.9. The summed E-state index contributed by atoms with van der Waals surface area (Å²) in [4.78, 5) is 21.1. The summed E-state index contributed by atoms with van der Waals surface area (Å²) in [6, 6.07) is 9.82. The zero-order valence-corrected chi connectivity index (χ0v) is 19.3. The number of halogens is 1. The highest BCUT2D eigenvalue weighted by Gasteiger charge is 2.21. The van der Waals surface area contributed by atoms with Crippen molar-refractivity contribution in [2.45, 2.75) is 33.4 Å². The van der Waals surface area contributed by atoms with Gasteiger partial charge in [-0.2, -0.15) is 5.26 Å². The van der Waals surface area contributed by atoms with Crippen molar-refractivity contribution in [3.05, 3.63) is 35.4 Å². The Labute approximate surface area is 185 Å². The minimum atomic E-state index is 0. The predicted octanol–water partition coefficient (Wildman–Crippen LogP) is 1.78. The first kappa shape index (κ1) is 24.2. The van der Waals surface area contributed by atoms with E-state index in [0.717, 1.165) is 44.2 Å². The molecule has 7 nitrogen and oxygen atoms in total. The van der Waals surface area contributed by atoms with Crippen molar-refractivity contribution in [3.8, 4) is 6.07 Å². The Morgan fingerprint density at radius 2 is 1.86 bits per heavy atom. The standard InChI is InChI=1S/C20H30N6O.HI/c1-4-22-20(23-14-18-7-5-17(13-21)6-8-18)26-11-9-25(10-12-26)15-19(27)24-16(2)3;/h5-8,16H,4,9-12,14-15H2,1-3H3,(H,22,23)(H,24,27);1H. The summed E-state index contributed by atoms with van der Waals surface area (Å²) in [6.45, 7) is 11.2. The first-order valence-electron chi connectivity index (χ1n) is 9.55. The topological polar surface area (TPSA) is 83.8 Å². The van der Waals surface area contributed by atoms with Gasteiger partial charge in [-0.05, 0) is 38.5 Å². The monoisotopic (exact) mass is 498 g/mol. The molecule has 0 radical (unpaired) electrons. The number of carbonyl (C=O) groups excluding carboxylic acids is 1. The molecule has 0 unspecified atom stereocenters. The third kappa shape index (κ3) is 8.02. The third-order valence-corrected chi connectivity index (χ3v) is 4.32. The molecule has 2 rings (SSSR count). The van der Waals surface area contributed by atoms with E-state index in [1.807, 2.05) is 38.1 Å². The number of nitrogens with zero attached hydrogens (tertiary/aromatic N) is 4. The second kappa shape index (κ2) is 12.6. The predicted molar refractivity (Wildman–Crippen MR) is 123 cm³/mol. The van der Waals surface area contributed by atoms with E-state index < -0.39 is 0 Å². The number of nitriles is 1. The second-order valence-corrected chi connectivity index (χ2v) is 6.96. The summed E-state index contributed by atoms with van der Waals surface area (Å²) in [5.41, 5.74) is 1.74. The van der Waals surface area contributed by atoms with Gasteiger partial charge in [0.15, 0.2) is 5.96 Å². The number of rotatable bonds is 6. The molecule has 0 bridgehead atoms. The Balaban J connectivity index is 0.00000392. The van der Waals surface area contributed by atoms with Crippen molar-refractivity contribution in [2.75, 3.05) is 39.3 Å². The minimum absolute atomic E-state index is 0. The zero-order valence-electron chi connectivity index (χ0n) is 16.9. The van der Waals surface area contributed by atoms with E-state index in [1.165, 1.54) is 0 Å². The molecule has 28 heavy (non-hydrogen) atoms. The van der Waals surface area contributed by atoms with Gasteiger partial charge in [-0.1, -0.05) is 12.1 Å². The number of guanidine groups is 1. The van der Waals surface area contributed by atoms with Crippen LogP contribution in [0.25, 0.3) is 0 Å². The van der Waals surface area contributed by atoms with Crippen molar-refractivity contribution < 1.29 is 4.79 Å². The fourth-order valence-electron chi connectivity index (χ4n) is 2.97. The zero-order chi connectivity index (χ0) is 19.6. The molecule has 1 aliphatic heterocycles. The van der Waals surface area contributed by atoms with Crippen LogP contribution in [0.4, 0.5) is 0 Å². The van der Waals surface area contributed by atoms with Crippen molar-refractivity contribution >= 4 is 35.8 Å². The molecular weight excluding hydrogens is 467 g/mol. The molecule has 1 fully saturated rings. The van der Waals surface area contributed by atoms with Gasteiger partial charge in [-0.3, -0.25) is 9.69 Å². The number of benzene rings is 1. The summed E-state index contributed by atoms with van der Waals surface area (Å²) in [5.74, 6) is 0.980. The van der Waals surface area contributed by atoms with E-state index in [1.54, 1.807) is 0 Å². The smallest absolute Gasteiger partial charge is 0.234 e. The van der Waals surface area contributed by atoms with Crippen molar-refractivity contribution in [1.29, 1.82) is 5.26 Å². The molecule has 2 N–H and O–H groups in total. The van der Waals surface area contributed by atoms with E-state index in [9.17, 15) is 4.79 Å². The van der Waals surface area contributed by atoms with Crippen LogP contribution in [0, 0.1) is 11.3 Å². The van der Waals surface area contributed by atoms with Crippen LogP contribution in [0.2, 0.25) is 0 Å². The van der Waals surface area contributed by atoms with Gasteiger partial charge in [0.25, 0.3) is 0 Å². The van der Waals surface area contributed by atoms with Crippen LogP contribution in [0.1, 0.15) is 31.9 Å². The van der Waals surface area contributed by atoms with Crippen LogP contribution in [-0.2, 0) is 11.3 Å². The van der Waals surface area contributed by atoms with Crippen LogP contribution in [-0.4, -0.2) is 67.0 Å². The molecular formula is C20H31IN6O. The lowest BCUT2D eigenvalue weighted by Gasteiger charge is -2.36. The quantitative estimate of drug-likeness (QED) is 0.355. The number of hydrogen-bond donors (Lipinski definition) is 2. The van der Waals surface area contributed by atoms with Crippen molar-refractivity contribution in [1.82, 2.24) is 20.4 Å². The van der Waals surface area contributed by atoms with Crippen LogP contribution < -0.4 is 10.6 Å². The molecule has 8 heteroatoms. The molecule has 1 amide bonds. The van der Waals surface area contributed by atoms with Gasteiger partial charge in [0.05, 0.1) is 24.7 Å². The van der Waals surface area contributed by atoms with Gasteiger partial charge in [0.1, 0.15) is 0 Å². The molecule has 0 spiro atoms. The van der Waals surface area contributed by atoms with Gasteiger partial charge in [-0.25, -0.2) is 4.99 Å². The molecule has 154 valence electrons. The Hall–Kier alpha value is -1.86. The van der Waals surface area contributed by atoms with Gasteiger partial charge < -0.3 is 15.5 Å². The molecule has 0 aromatic heterocycles. The first-order valence-corrected chi connectivity index (χ1v) is 9.55. The molecule has 0 saturated carbocycles. The van der Waals surface area contributed by atoms with Crippen LogP contribution in [0.3, 0.4) is 0 Å². The number of nitrogens with one attached hydrogen (secondary N) is 2. The van der Waals surface area contributed by atoms with Gasteiger partial charge >= 0.3 is 0 Å². The fraction of sp³-hybridized carbons (Fsp3) is 0.550. The van der Waals surface area contributed by atoms with E-state index in [-0.39, 0.29) is 35.9 Å². The van der Waals surface area contributed by atoms with Crippen LogP contribution >= 0.6 is 24.0 Å². The average Bonchev–Trinajstić information content (AvgIpc) is 2.65. The second-order valence-electron chi connectivity index (χ2n) is 6.96. The largest absolute Gasteiger partial charge is 0.357 e. The number of amides is 1. The van der Waals surface area contributed by atoms with E-state index in [4.69, 9.17) is 10.3 Å². The summed E-state index contributed by atoms with van der Waals surface area (Å²) in [6.07, 6.45) is 0. The highest BCUT2D eigenvalue weighted by Crippen LogP contribution is 2.07. The lowest BCUT2D eigenvalue weighted by molar-refractivity contribution is -0.123. The molecule has 0 aliphatic carbocycles. The molecule has 1 saturated heterocycles. The molecule has 1 aromatic carbocycles. The minimum Gasteiger partial charge on any atom is -0.357 e. The molecule has 0 atom stereocenters. The summed E-state index contributed by atoms with van der Waals surface area (Å²) in [7, 11) is 0. The normalized spacial score (nSPS) is 15.0. The van der Waals surface area contributed by atoms with Crippen molar-refractivity contribution in [3.63, 3.8) is 0 Å². The Morgan fingerprint density at radius 3 is 2.39 bits per heavy atom. The average molecular weight is 498 g/mol. The molecule has 1 aliphatic rings. The maximum Gasteiger partial charge on any atom is 0.234 e. The lowest BCUT2D eigenvalue weighted by Crippen LogP contribution is -2.54.